The maximum atomic E-state index is 13.6. The lowest BCUT2D eigenvalue weighted by Crippen LogP contribution is -2.56. The Morgan fingerprint density at radius 2 is 1.57 bits per heavy atom. The van der Waals surface area contributed by atoms with Crippen LogP contribution in [-0.4, -0.2) is 52.4 Å². The zero-order valence-electron chi connectivity index (χ0n) is 21.0. The monoisotopic (exact) mass is 477 g/mol. The summed E-state index contributed by atoms with van der Waals surface area (Å²) in [7, 11) is 0. The van der Waals surface area contributed by atoms with E-state index in [4.69, 9.17) is 4.74 Å². The number of likely N-dealkylation sites (tertiary alicyclic amines) is 1. The number of hydrogen-bond acceptors (Lipinski definition) is 4. The van der Waals surface area contributed by atoms with Gasteiger partial charge < -0.3 is 15.0 Å². The first-order valence-electron chi connectivity index (χ1n) is 12.3. The SMILES string of the molecule is Cc1ccc(NC(=O)C2CCN(C(=O)[C@@H]3Cc4ccccc4CN3C(=O)OC(C)(C)C)CC2)cc1. The number of carbonyl (C=O) groups excluding carboxylic acids is 3. The molecule has 2 aliphatic rings. The van der Waals surface area contributed by atoms with Gasteiger partial charge in [0.15, 0.2) is 0 Å². The van der Waals surface area contributed by atoms with Crippen molar-refractivity contribution in [2.24, 2.45) is 5.92 Å². The van der Waals surface area contributed by atoms with Crippen molar-refractivity contribution < 1.29 is 19.1 Å². The molecule has 0 saturated carbocycles. The van der Waals surface area contributed by atoms with Crippen molar-refractivity contribution in [1.29, 1.82) is 0 Å². The summed E-state index contributed by atoms with van der Waals surface area (Å²) in [4.78, 5) is 42.8. The van der Waals surface area contributed by atoms with Gasteiger partial charge in [0.05, 0.1) is 6.54 Å². The lowest BCUT2D eigenvalue weighted by molar-refractivity contribution is -0.140. The average molecular weight is 478 g/mol. The zero-order valence-corrected chi connectivity index (χ0v) is 21.0. The lowest BCUT2D eigenvalue weighted by atomic mass is 9.91. The Kier molecular flexibility index (Phi) is 7.15. The first-order chi connectivity index (χ1) is 16.6. The fraction of sp³-hybridized carbons (Fsp3) is 0.464. The Hall–Kier alpha value is -3.35. The number of hydrogen-bond donors (Lipinski definition) is 1. The van der Waals surface area contributed by atoms with Crippen LogP contribution in [0.15, 0.2) is 48.5 Å². The third kappa shape index (κ3) is 6.02. The van der Waals surface area contributed by atoms with Gasteiger partial charge in [-0.25, -0.2) is 4.79 Å². The molecule has 0 bridgehead atoms. The number of anilines is 1. The molecule has 0 aromatic heterocycles. The molecule has 7 nitrogen and oxygen atoms in total. The number of ether oxygens (including phenoxy) is 1. The van der Waals surface area contributed by atoms with Gasteiger partial charge in [0.1, 0.15) is 11.6 Å². The summed E-state index contributed by atoms with van der Waals surface area (Å²) in [6, 6.07) is 15.0. The number of benzene rings is 2. The highest BCUT2D eigenvalue weighted by Crippen LogP contribution is 2.28. The van der Waals surface area contributed by atoms with Crippen LogP contribution in [0.25, 0.3) is 0 Å². The molecular weight excluding hydrogens is 442 g/mol. The number of amides is 3. The molecule has 2 heterocycles. The van der Waals surface area contributed by atoms with Gasteiger partial charge in [-0.15, -0.1) is 0 Å². The Labute approximate surface area is 207 Å². The van der Waals surface area contributed by atoms with Gasteiger partial charge in [0, 0.05) is 31.1 Å². The van der Waals surface area contributed by atoms with Crippen molar-refractivity contribution in [3.05, 3.63) is 65.2 Å². The van der Waals surface area contributed by atoms with Crippen molar-refractivity contribution in [3.8, 4) is 0 Å². The molecule has 0 unspecified atom stereocenters. The molecule has 1 saturated heterocycles. The second-order valence-corrected chi connectivity index (χ2v) is 10.6. The Morgan fingerprint density at radius 1 is 0.943 bits per heavy atom. The molecule has 1 fully saturated rings. The van der Waals surface area contributed by atoms with E-state index in [1.54, 1.807) is 9.80 Å². The highest BCUT2D eigenvalue weighted by atomic mass is 16.6. The first kappa shape index (κ1) is 24.8. The van der Waals surface area contributed by atoms with Crippen LogP contribution in [0.1, 0.15) is 50.3 Å². The number of nitrogens with zero attached hydrogens (tertiary/aromatic N) is 2. The number of nitrogens with one attached hydrogen (secondary N) is 1. The maximum absolute atomic E-state index is 13.6. The smallest absolute Gasteiger partial charge is 0.411 e. The van der Waals surface area contributed by atoms with Gasteiger partial charge in [0.2, 0.25) is 11.8 Å². The van der Waals surface area contributed by atoms with E-state index in [0.717, 1.165) is 22.4 Å². The number of aryl methyl sites for hydroxylation is 1. The lowest BCUT2D eigenvalue weighted by Gasteiger charge is -2.40. The van der Waals surface area contributed by atoms with Crippen LogP contribution in [0, 0.1) is 12.8 Å². The minimum Gasteiger partial charge on any atom is -0.444 e. The molecule has 1 N–H and O–H groups in total. The summed E-state index contributed by atoms with van der Waals surface area (Å²) in [5.74, 6) is -0.236. The van der Waals surface area contributed by atoms with E-state index in [-0.39, 0.29) is 17.7 Å². The van der Waals surface area contributed by atoms with Crippen LogP contribution >= 0.6 is 0 Å². The van der Waals surface area contributed by atoms with Gasteiger partial charge in [0.25, 0.3) is 0 Å². The quantitative estimate of drug-likeness (QED) is 0.704. The summed E-state index contributed by atoms with van der Waals surface area (Å²) >= 11 is 0. The molecule has 2 aromatic rings. The minimum absolute atomic E-state index is 0.0112. The van der Waals surface area contributed by atoms with Crippen molar-refractivity contribution in [2.45, 2.75) is 65.1 Å². The van der Waals surface area contributed by atoms with Crippen molar-refractivity contribution >= 4 is 23.6 Å². The van der Waals surface area contributed by atoms with Crippen LogP contribution in [0.4, 0.5) is 10.5 Å². The number of piperidine rings is 1. The summed E-state index contributed by atoms with van der Waals surface area (Å²) in [5.41, 5.74) is 3.39. The molecule has 0 spiro atoms. The van der Waals surface area contributed by atoms with Crippen LogP contribution in [-0.2, 0) is 27.3 Å². The van der Waals surface area contributed by atoms with Gasteiger partial charge in [-0.3, -0.25) is 14.5 Å². The summed E-state index contributed by atoms with van der Waals surface area (Å²) < 4.78 is 5.64. The predicted octanol–water partition coefficient (Wildman–Crippen LogP) is 4.53. The van der Waals surface area contributed by atoms with Gasteiger partial charge in [-0.2, -0.15) is 0 Å². The van der Waals surface area contributed by atoms with Gasteiger partial charge in [-0.1, -0.05) is 42.0 Å². The van der Waals surface area contributed by atoms with E-state index in [0.29, 0.717) is 38.9 Å². The molecule has 2 aliphatic heterocycles. The molecule has 0 aliphatic carbocycles. The van der Waals surface area contributed by atoms with Crippen molar-refractivity contribution in [2.75, 3.05) is 18.4 Å². The molecule has 3 amide bonds. The van der Waals surface area contributed by atoms with Crippen LogP contribution in [0.5, 0.6) is 0 Å². The standard InChI is InChI=1S/C28H35N3O4/c1-19-9-11-23(12-10-19)29-25(32)20-13-15-30(16-14-20)26(33)24-17-21-7-5-6-8-22(21)18-31(24)27(34)35-28(2,3)4/h5-12,20,24H,13-18H2,1-4H3,(H,29,32)/t24-/m0/s1. The third-order valence-corrected chi connectivity index (χ3v) is 6.66. The Balaban J connectivity index is 1.42. The molecule has 4 rings (SSSR count). The van der Waals surface area contributed by atoms with E-state index >= 15 is 0 Å². The van der Waals surface area contributed by atoms with Crippen LogP contribution in [0.3, 0.4) is 0 Å². The summed E-state index contributed by atoms with van der Waals surface area (Å²) in [6.07, 6.45) is 1.18. The molecule has 0 radical (unpaired) electrons. The highest BCUT2D eigenvalue weighted by molar-refractivity contribution is 5.93. The van der Waals surface area contributed by atoms with E-state index in [9.17, 15) is 14.4 Å². The minimum atomic E-state index is -0.648. The average Bonchev–Trinajstić information content (AvgIpc) is 2.83. The topological polar surface area (TPSA) is 79.0 Å². The summed E-state index contributed by atoms with van der Waals surface area (Å²) in [5, 5.41) is 2.99. The van der Waals surface area contributed by atoms with Gasteiger partial charge >= 0.3 is 6.09 Å². The Bertz CT molecular complexity index is 1080. The molecule has 7 heteroatoms. The van der Waals surface area contributed by atoms with E-state index in [1.807, 2.05) is 76.2 Å². The van der Waals surface area contributed by atoms with Crippen LogP contribution in [0.2, 0.25) is 0 Å². The van der Waals surface area contributed by atoms with Crippen molar-refractivity contribution in [3.63, 3.8) is 0 Å². The van der Waals surface area contributed by atoms with Crippen LogP contribution < -0.4 is 5.32 Å². The molecule has 35 heavy (non-hydrogen) atoms. The van der Waals surface area contributed by atoms with E-state index in [1.165, 1.54) is 0 Å². The fourth-order valence-electron chi connectivity index (χ4n) is 4.71. The van der Waals surface area contributed by atoms with E-state index in [2.05, 4.69) is 5.32 Å². The number of carbonyl (C=O) groups is 3. The molecule has 2 aromatic carbocycles. The van der Waals surface area contributed by atoms with Gasteiger partial charge in [-0.05, 0) is 63.8 Å². The predicted molar refractivity (Wildman–Crippen MR) is 135 cm³/mol. The van der Waals surface area contributed by atoms with E-state index < -0.39 is 17.7 Å². The molecule has 186 valence electrons. The molecule has 1 atom stereocenters. The summed E-state index contributed by atoms with van der Waals surface area (Å²) in [6.45, 7) is 8.81. The third-order valence-electron chi connectivity index (χ3n) is 6.66. The largest absolute Gasteiger partial charge is 0.444 e. The second kappa shape index (κ2) is 10.1. The normalized spacial score (nSPS) is 18.6. The fourth-order valence-corrected chi connectivity index (χ4v) is 4.71. The Morgan fingerprint density at radius 3 is 2.20 bits per heavy atom. The second-order valence-electron chi connectivity index (χ2n) is 10.6. The highest BCUT2D eigenvalue weighted by Gasteiger charge is 2.40. The zero-order chi connectivity index (χ0) is 25.2. The number of fused-ring (bicyclic) bond motifs is 1. The molecular formula is C28H35N3O4. The van der Waals surface area contributed by atoms with Crippen molar-refractivity contribution in [1.82, 2.24) is 9.80 Å². The number of rotatable bonds is 3. The first-order valence-corrected chi connectivity index (χ1v) is 12.3. The maximum Gasteiger partial charge on any atom is 0.411 e.